The Kier molecular flexibility index (Phi) is 8.23. The Labute approximate surface area is 107 Å². The summed E-state index contributed by atoms with van der Waals surface area (Å²) in [6.07, 6.45) is 1.59. The van der Waals surface area contributed by atoms with Crippen molar-refractivity contribution in [2.24, 2.45) is 23.5 Å². The Morgan fingerprint density at radius 3 is 1.88 bits per heavy atom. The fourth-order valence-electron chi connectivity index (χ4n) is 1.93. The normalized spacial score (nSPS) is 13.2. The molecule has 0 aromatic carbocycles. The van der Waals surface area contributed by atoms with Gasteiger partial charge in [0.1, 0.15) is 0 Å². The molecule has 0 heterocycles. The summed E-state index contributed by atoms with van der Waals surface area (Å²) in [6, 6.07) is 0. The van der Waals surface area contributed by atoms with Crippen molar-refractivity contribution >= 4 is 5.91 Å². The van der Waals surface area contributed by atoms with E-state index in [1.165, 1.54) is 0 Å². The van der Waals surface area contributed by atoms with Crippen LogP contribution in [0.4, 0.5) is 0 Å². The number of hydrogen-bond donors (Lipinski definition) is 1. The molecule has 102 valence electrons. The third-order valence-corrected chi connectivity index (χ3v) is 2.90. The topological polar surface area (TPSA) is 46.3 Å². The van der Waals surface area contributed by atoms with Crippen LogP contribution in [0.1, 0.15) is 47.5 Å². The van der Waals surface area contributed by atoms with Crippen molar-refractivity contribution in [3.63, 3.8) is 0 Å². The highest BCUT2D eigenvalue weighted by molar-refractivity contribution is 5.76. The standard InChI is InChI=1S/C14H30N2O/c1-6-13(8-15)7-14(17)16(9-11(2)3)10-12(4)5/h11-13H,6-10,15H2,1-5H3. The third-order valence-electron chi connectivity index (χ3n) is 2.90. The van der Waals surface area contributed by atoms with Crippen LogP contribution in [0.25, 0.3) is 0 Å². The van der Waals surface area contributed by atoms with Gasteiger partial charge in [-0.1, -0.05) is 41.0 Å². The molecule has 3 nitrogen and oxygen atoms in total. The highest BCUT2D eigenvalue weighted by atomic mass is 16.2. The molecule has 0 aliphatic rings. The van der Waals surface area contributed by atoms with E-state index in [9.17, 15) is 4.79 Å². The molecule has 0 aliphatic carbocycles. The first-order valence-electron chi connectivity index (χ1n) is 6.88. The van der Waals surface area contributed by atoms with Crippen molar-refractivity contribution in [2.45, 2.75) is 47.5 Å². The van der Waals surface area contributed by atoms with Gasteiger partial charge in [0, 0.05) is 19.5 Å². The lowest BCUT2D eigenvalue weighted by molar-refractivity contribution is -0.133. The number of nitrogens with zero attached hydrogens (tertiary/aromatic N) is 1. The van der Waals surface area contributed by atoms with E-state index in [4.69, 9.17) is 5.73 Å². The van der Waals surface area contributed by atoms with Gasteiger partial charge in [0.15, 0.2) is 0 Å². The predicted molar refractivity (Wildman–Crippen MR) is 73.7 cm³/mol. The van der Waals surface area contributed by atoms with E-state index in [-0.39, 0.29) is 5.91 Å². The second kappa shape index (κ2) is 8.51. The Bertz CT molecular complexity index is 200. The maximum atomic E-state index is 12.2. The highest BCUT2D eigenvalue weighted by Gasteiger charge is 2.19. The molecule has 0 rings (SSSR count). The molecule has 0 aromatic heterocycles. The van der Waals surface area contributed by atoms with Gasteiger partial charge in [0.05, 0.1) is 0 Å². The molecule has 0 fully saturated rings. The Balaban J connectivity index is 4.40. The van der Waals surface area contributed by atoms with E-state index in [0.717, 1.165) is 19.5 Å². The minimum atomic E-state index is 0.268. The van der Waals surface area contributed by atoms with Crippen LogP contribution in [0, 0.1) is 17.8 Å². The van der Waals surface area contributed by atoms with Crippen LogP contribution < -0.4 is 5.73 Å². The van der Waals surface area contributed by atoms with Gasteiger partial charge >= 0.3 is 0 Å². The van der Waals surface area contributed by atoms with Crippen LogP contribution in [0.2, 0.25) is 0 Å². The molecule has 1 atom stereocenters. The highest BCUT2D eigenvalue weighted by Crippen LogP contribution is 2.12. The molecular formula is C14H30N2O. The van der Waals surface area contributed by atoms with Gasteiger partial charge in [0.25, 0.3) is 0 Å². The summed E-state index contributed by atoms with van der Waals surface area (Å²) >= 11 is 0. The molecule has 1 amide bonds. The van der Waals surface area contributed by atoms with Crippen LogP contribution in [0.3, 0.4) is 0 Å². The summed E-state index contributed by atoms with van der Waals surface area (Å²) < 4.78 is 0. The van der Waals surface area contributed by atoms with Gasteiger partial charge in [-0.05, 0) is 24.3 Å². The first-order valence-corrected chi connectivity index (χ1v) is 6.88. The lowest BCUT2D eigenvalue weighted by atomic mass is 10.0. The molecule has 0 aliphatic heterocycles. The largest absolute Gasteiger partial charge is 0.342 e. The lowest BCUT2D eigenvalue weighted by Crippen LogP contribution is -2.38. The van der Waals surface area contributed by atoms with E-state index < -0.39 is 0 Å². The van der Waals surface area contributed by atoms with E-state index >= 15 is 0 Å². The van der Waals surface area contributed by atoms with E-state index in [0.29, 0.717) is 30.7 Å². The molecule has 17 heavy (non-hydrogen) atoms. The summed E-state index contributed by atoms with van der Waals surface area (Å²) in [4.78, 5) is 14.2. The van der Waals surface area contributed by atoms with Gasteiger partial charge in [0.2, 0.25) is 5.91 Å². The molecular weight excluding hydrogens is 212 g/mol. The fraction of sp³-hybridized carbons (Fsp3) is 0.929. The minimum absolute atomic E-state index is 0.268. The summed E-state index contributed by atoms with van der Waals surface area (Å²) in [5.41, 5.74) is 5.66. The number of hydrogen-bond acceptors (Lipinski definition) is 2. The van der Waals surface area contributed by atoms with E-state index in [1.54, 1.807) is 0 Å². The Morgan fingerprint density at radius 1 is 1.12 bits per heavy atom. The molecule has 1 unspecified atom stereocenters. The third kappa shape index (κ3) is 7.37. The summed E-state index contributed by atoms with van der Waals surface area (Å²) in [5, 5.41) is 0. The summed E-state index contributed by atoms with van der Waals surface area (Å²) in [5.74, 6) is 1.65. The molecule has 0 saturated heterocycles. The second-order valence-corrected chi connectivity index (χ2v) is 5.80. The van der Waals surface area contributed by atoms with Crippen LogP contribution >= 0.6 is 0 Å². The monoisotopic (exact) mass is 242 g/mol. The van der Waals surface area contributed by atoms with Gasteiger partial charge in [-0.2, -0.15) is 0 Å². The first kappa shape index (κ1) is 16.4. The summed E-state index contributed by atoms with van der Waals surface area (Å²) in [6.45, 7) is 13.0. The second-order valence-electron chi connectivity index (χ2n) is 5.80. The van der Waals surface area contributed by atoms with Crippen molar-refractivity contribution in [3.8, 4) is 0 Å². The van der Waals surface area contributed by atoms with Gasteiger partial charge < -0.3 is 10.6 Å². The minimum Gasteiger partial charge on any atom is -0.342 e. The van der Waals surface area contributed by atoms with Gasteiger partial charge in [-0.3, -0.25) is 4.79 Å². The first-order chi connectivity index (χ1) is 7.90. The van der Waals surface area contributed by atoms with Crippen molar-refractivity contribution in [2.75, 3.05) is 19.6 Å². The van der Waals surface area contributed by atoms with Crippen molar-refractivity contribution in [1.82, 2.24) is 4.90 Å². The molecule has 3 heteroatoms. The molecule has 0 saturated carbocycles. The zero-order valence-electron chi connectivity index (χ0n) is 12.2. The van der Waals surface area contributed by atoms with Crippen molar-refractivity contribution in [1.29, 1.82) is 0 Å². The number of rotatable bonds is 8. The number of amides is 1. The maximum Gasteiger partial charge on any atom is 0.222 e. The van der Waals surface area contributed by atoms with Crippen LogP contribution in [-0.2, 0) is 4.79 Å². The quantitative estimate of drug-likeness (QED) is 0.711. The molecule has 0 radical (unpaired) electrons. The average molecular weight is 242 g/mol. The van der Waals surface area contributed by atoms with Crippen LogP contribution in [0.5, 0.6) is 0 Å². The lowest BCUT2D eigenvalue weighted by Gasteiger charge is -2.28. The number of carbonyl (C=O) groups is 1. The number of carbonyl (C=O) groups excluding carboxylic acids is 1. The van der Waals surface area contributed by atoms with Crippen LogP contribution in [0.15, 0.2) is 0 Å². The zero-order chi connectivity index (χ0) is 13.4. The fourth-order valence-corrected chi connectivity index (χ4v) is 1.93. The van der Waals surface area contributed by atoms with E-state index in [1.807, 2.05) is 4.90 Å². The SMILES string of the molecule is CCC(CN)CC(=O)N(CC(C)C)CC(C)C. The van der Waals surface area contributed by atoms with Crippen LogP contribution in [-0.4, -0.2) is 30.4 Å². The van der Waals surface area contributed by atoms with Gasteiger partial charge in [-0.25, -0.2) is 0 Å². The molecule has 2 N–H and O–H groups in total. The van der Waals surface area contributed by atoms with E-state index in [2.05, 4.69) is 34.6 Å². The maximum absolute atomic E-state index is 12.2. The average Bonchev–Trinajstić information content (AvgIpc) is 2.23. The molecule has 0 spiro atoms. The summed E-state index contributed by atoms with van der Waals surface area (Å²) in [7, 11) is 0. The van der Waals surface area contributed by atoms with Gasteiger partial charge in [-0.15, -0.1) is 0 Å². The predicted octanol–water partition coefficient (Wildman–Crippen LogP) is 2.50. The molecule has 0 aromatic rings. The Morgan fingerprint density at radius 2 is 1.59 bits per heavy atom. The van der Waals surface area contributed by atoms with Crippen molar-refractivity contribution in [3.05, 3.63) is 0 Å². The molecule has 0 bridgehead atoms. The Hall–Kier alpha value is -0.570. The van der Waals surface area contributed by atoms with Crippen molar-refractivity contribution < 1.29 is 4.79 Å². The smallest absolute Gasteiger partial charge is 0.222 e. The number of nitrogens with two attached hydrogens (primary N) is 1. The zero-order valence-corrected chi connectivity index (χ0v) is 12.2.